The highest BCUT2D eigenvalue weighted by atomic mass is 35.5. The van der Waals surface area contributed by atoms with Crippen LogP contribution < -0.4 is 4.74 Å². The van der Waals surface area contributed by atoms with Crippen LogP contribution in [-0.2, 0) is 6.54 Å². The average Bonchev–Trinajstić information content (AvgIpc) is 2.83. The summed E-state index contributed by atoms with van der Waals surface area (Å²) in [5.41, 5.74) is 3.23. The van der Waals surface area contributed by atoms with Gasteiger partial charge in [0, 0.05) is 17.6 Å². The van der Waals surface area contributed by atoms with Crippen LogP contribution in [-0.4, -0.2) is 16.7 Å². The molecule has 0 saturated carbocycles. The number of methoxy groups -OCH3 is 1. The summed E-state index contributed by atoms with van der Waals surface area (Å²) in [5.74, 6) is 0.823. The third-order valence-electron chi connectivity index (χ3n) is 3.09. The smallest absolute Gasteiger partial charge is 0.121 e. The van der Waals surface area contributed by atoms with Crippen LogP contribution in [0.2, 0.25) is 5.02 Å². The van der Waals surface area contributed by atoms with Crippen molar-refractivity contribution in [2.75, 3.05) is 7.11 Å². The van der Waals surface area contributed by atoms with Crippen molar-refractivity contribution in [2.45, 2.75) is 6.54 Å². The molecule has 0 spiro atoms. The van der Waals surface area contributed by atoms with E-state index in [4.69, 9.17) is 16.3 Å². The van der Waals surface area contributed by atoms with E-state index >= 15 is 0 Å². The molecule has 1 aromatic heterocycles. The van der Waals surface area contributed by atoms with Crippen LogP contribution in [0, 0.1) is 0 Å². The molecule has 0 aliphatic rings. The summed E-state index contributed by atoms with van der Waals surface area (Å²) in [6.45, 7) is 0.778. The lowest BCUT2D eigenvalue weighted by atomic mass is 10.2. The van der Waals surface area contributed by atoms with Crippen LogP contribution in [0.15, 0.2) is 48.8 Å². The van der Waals surface area contributed by atoms with Gasteiger partial charge in [-0.05, 0) is 29.8 Å². The van der Waals surface area contributed by atoms with E-state index in [-0.39, 0.29) is 12.4 Å². The number of aromatic nitrogens is 2. The Labute approximate surface area is 128 Å². The molecule has 20 heavy (non-hydrogen) atoms. The molecule has 104 valence electrons. The molecule has 0 saturated heterocycles. The van der Waals surface area contributed by atoms with Gasteiger partial charge >= 0.3 is 0 Å². The molecule has 0 bridgehead atoms. The van der Waals surface area contributed by atoms with Gasteiger partial charge in [0.2, 0.25) is 0 Å². The highest BCUT2D eigenvalue weighted by Gasteiger charge is 2.04. The number of imidazole rings is 1. The van der Waals surface area contributed by atoms with Crippen LogP contribution in [0.5, 0.6) is 5.75 Å². The molecule has 0 aliphatic heterocycles. The van der Waals surface area contributed by atoms with Crippen LogP contribution in [0.4, 0.5) is 0 Å². The van der Waals surface area contributed by atoms with Gasteiger partial charge in [-0.2, -0.15) is 0 Å². The van der Waals surface area contributed by atoms with Crippen molar-refractivity contribution >= 4 is 35.0 Å². The number of hydrogen-bond acceptors (Lipinski definition) is 2. The van der Waals surface area contributed by atoms with E-state index in [2.05, 4.69) is 9.55 Å². The molecule has 0 fully saturated rings. The zero-order valence-corrected chi connectivity index (χ0v) is 12.5. The van der Waals surface area contributed by atoms with Crippen LogP contribution in [0.3, 0.4) is 0 Å². The lowest BCUT2D eigenvalue weighted by Gasteiger charge is -2.05. The second-order valence-electron chi connectivity index (χ2n) is 4.35. The van der Waals surface area contributed by atoms with E-state index in [0.29, 0.717) is 0 Å². The number of fused-ring (bicyclic) bond motifs is 1. The maximum absolute atomic E-state index is 5.89. The normalized spacial score (nSPS) is 10.3. The molecule has 3 aromatic rings. The van der Waals surface area contributed by atoms with E-state index in [0.717, 1.165) is 28.4 Å². The van der Waals surface area contributed by atoms with Crippen molar-refractivity contribution in [1.82, 2.24) is 9.55 Å². The molecule has 1 heterocycles. The third-order valence-corrected chi connectivity index (χ3v) is 3.35. The minimum Gasteiger partial charge on any atom is -0.497 e. The Kier molecular flexibility index (Phi) is 4.53. The molecule has 5 heteroatoms. The molecule has 2 aromatic carbocycles. The third kappa shape index (κ3) is 2.89. The summed E-state index contributed by atoms with van der Waals surface area (Å²) in [4.78, 5) is 4.40. The maximum atomic E-state index is 5.89. The monoisotopic (exact) mass is 308 g/mol. The van der Waals surface area contributed by atoms with E-state index in [9.17, 15) is 0 Å². The largest absolute Gasteiger partial charge is 0.497 e. The Morgan fingerprint density at radius 3 is 2.60 bits per heavy atom. The van der Waals surface area contributed by atoms with Crippen molar-refractivity contribution in [3.8, 4) is 5.75 Å². The fourth-order valence-corrected chi connectivity index (χ4v) is 2.21. The molecule has 3 rings (SSSR count). The topological polar surface area (TPSA) is 27.1 Å². The maximum Gasteiger partial charge on any atom is 0.121 e. The van der Waals surface area contributed by atoms with Crippen molar-refractivity contribution in [3.05, 3.63) is 59.4 Å². The zero-order chi connectivity index (χ0) is 13.2. The molecule has 0 aliphatic carbocycles. The van der Waals surface area contributed by atoms with Gasteiger partial charge < -0.3 is 9.30 Å². The van der Waals surface area contributed by atoms with Gasteiger partial charge in [0.15, 0.2) is 0 Å². The van der Waals surface area contributed by atoms with Gasteiger partial charge in [-0.3, -0.25) is 0 Å². The van der Waals surface area contributed by atoms with E-state index < -0.39 is 0 Å². The summed E-state index contributed by atoms with van der Waals surface area (Å²) in [7, 11) is 1.66. The first kappa shape index (κ1) is 14.7. The SMILES string of the molecule is COc1ccc2c(c1)ncn2Cc1ccc(Cl)cc1.Cl. The van der Waals surface area contributed by atoms with Gasteiger partial charge in [-0.15, -0.1) is 12.4 Å². The lowest BCUT2D eigenvalue weighted by Crippen LogP contribution is -1.97. The van der Waals surface area contributed by atoms with Gasteiger partial charge in [0.1, 0.15) is 5.75 Å². The number of benzene rings is 2. The minimum absolute atomic E-state index is 0. The van der Waals surface area contributed by atoms with E-state index in [1.807, 2.05) is 48.8 Å². The summed E-state index contributed by atoms with van der Waals surface area (Å²) in [6.07, 6.45) is 1.85. The van der Waals surface area contributed by atoms with Crippen molar-refractivity contribution < 1.29 is 4.74 Å². The summed E-state index contributed by atoms with van der Waals surface area (Å²) < 4.78 is 7.31. The standard InChI is InChI=1S/C15H13ClN2O.ClH/c1-19-13-6-7-15-14(8-13)17-10-18(15)9-11-2-4-12(16)5-3-11;/h2-8,10H,9H2,1H3;1H. The fraction of sp³-hybridized carbons (Fsp3) is 0.133. The molecule has 0 atom stereocenters. The fourth-order valence-electron chi connectivity index (χ4n) is 2.08. The van der Waals surface area contributed by atoms with E-state index in [1.54, 1.807) is 7.11 Å². The Balaban J connectivity index is 0.00000147. The Morgan fingerprint density at radius 2 is 1.90 bits per heavy atom. The summed E-state index contributed by atoms with van der Waals surface area (Å²) in [5, 5.41) is 0.754. The van der Waals surface area contributed by atoms with E-state index in [1.165, 1.54) is 5.56 Å². The summed E-state index contributed by atoms with van der Waals surface area (Å²) in [6, 6.07) is 13.8. The van der Waals surface area contributed by atoms with Crippen LogP contribution in [0.1, 0.15) is 5.56 Å². The van der Waals surface area contributed by atoms with Gasteiger partial charge in [0.25, 0.3) is 0 Å². The first-order valence-electron chi connectivity index (χ1n) is 5.99. The average molecular weight is 309 g/mol. The molecule has 3 nitrogen and oxygen atoms in total. The lowest BCUT2D eigenvalue weighted by molar-refractivity contribution is 0.415. The quantitative estimate of drug-likeness (QED) is 0.726. The minimum atomic E-state index is 0. The number of halogens is 2. The predicted octanol–water partition coefficient (Wildman–Crippen LogP) is 4.17. The molecular weight excluding hydrogens is 295 g/mol. The number of nitrogens with zero attached hydrogens (tertiary/aromatic N) is 2. The van der Waals surface area contributed by atoms with Gasteiger partial charge in [-0.1, -0.05) is 23.7 Å². The van der Waals surface area contributed by atoms with Crippen molar-refractivity contribution in [1.29, 1.82) is 0 Å². The number of hydrogen-bond donors (Lipinski definition) is 0. The Bertz CT molecular complexity index is 707. The molecule has 0 unspecified atom stereocenters. The second kappa shape index (κ2) is 6.16. The highest BCUT2D eigenvalue weighted by Crippen LogP contribution is 2.20. The first-order valence-corrected chi connectivity index (χ1v) is 6.37. The van der Waals surface area contributed by atoms with Gasteiger partial charge in [-0.25, -0.2) is 4.98 Å². The second-order valence-corrected chi connectivity index (χ2v) is 4.79. The Morgan fingerprint density at radius 1 is 1.15 bits per heavy atom. The molecule has 0 radical (unpaired) electrons. The number of ether oxygens (including phenoxy) is 1. The highest BCUT2D eigenvalue weighted by molar-refractivity contribution is 6.30. The van der Waals surface area contributed by atoms with Crippen molar-refractivity contribution in [3.63, 3.8) is 0 Å². The van der Waals surface area contributed by atoms with Gasteiger partial charge in [0.05, 0.1) is 24.5 Å². The number of rotatable bonds is 3. The van der Waals surface area contributed by atoms with Crippen molar-refractivity contribution in [2.24, 2.45) is 0 Å². The zero-order valence-electron chi connectivity index (χ0n) is 10.9. The molecular formula is C15H14Cl2N2O. The Hall–Kier alpha value is -1.71. The predicted molar refractivity (Wildman–Crippen MR) is 84.1 cm³/mol. The molecule has 0 amide bonds. The van der Waals surface area contributed by atoms with Crippen LogP contribution in [0.25, 0.3) is 11.0 Å². The molecule has 0 N–H and O–H groups in total. The first-order chi connectivity index (χ1) is 9.26. The summed E-state index contributed by atoms with van der Waals surface area (Å²) >= 11 is 5.89. The van der Waals surface area contributed by atoms with Crippen LogP contribution >= 0.6 is 24.0 Å².